The van der Waals surface area contributed by atoms with Crippen LogP contribution in [0, 0.1) is 5.92 Å². The number of rotatable bonds is 6. The van der Waals surface area contributed by atoms with Gasteiger partial charge >= 0.3 is 0 Å². The van der Waals surface area contributed by atoms with Gasteiger partial charge in [-0.2, -0.15) is 0 Å². The van der Waals surface area contributed by atoms with E-state index in [0.717, 1.165) is 35.4 Å². The predicted molar refractivity (Wildman–Crippen MR) is 100 cm³/mol. The number of aromatic nitrogens is 2. The molecule has 2 N–H and O–H groups in total. The molecule has 2 aromatic rings. The molecule has 0 saturated heterocycles. The van der Waals surface area contributed by atoms with Crippen molar-refractivity contribution in [2.75, 3.05) is 10.6 Å². The van der Waals surface area contributed by atoms with Gasteiger partial charge in [0, 0.05) is 18.2 Å². The fourth-order valence-electron chi connectivity index (χ4n) is 2.79. The number of aliphatic imine (C=N–C) groups is 1. The van der Waals surface area contributed by atoms with Crippen molar-refractivity contribution in [2.45, 2.75) is 39.3 Å². The third-order valence-electron chi connectivity index (χ3n) is 4.23. The maximum atomic E-state index is 11.9. The second-order valence-corrected chi connectivity index (χ2v) is 6.86. The number of carbonyl (C=O) groups excluding carboxylic acids is 1. The van der Waals surface area contributed by atoms with Gasteiger partial charge in [-0.15, -0.1) is 0 Å². The third-order valence-corrected chi connectivity index (χ3v) is 4.23. The molecule has 0 spiro atoms. The van der Waals surface area contributed by atoms with Gasteiger partial charge < -0.3 is 15.4 Å². The van der Waals surface area contributed by atoms with Crippen molar-refractivity contribution in [1.29, 1.82) is 0 Å². The summed E-state index contributed by atoms with van der Waals surface area (Å²) in [7, 11) is 0. The molecule has 2 heterocycles. The molecule has 134 valence electrons. The third kappa shape index (κ3) is 3.66. The van der Waals surface area contributed by atoms with Crippen LogP contribution in [0.25, 0.3) is 0 Å². The van der Waals surface area contributed by atoms with Gasteiger partial charge in [-0.25, -0.2) is 9.97 Å². The number of ether oxygens (including phenoxy) is 1. The Labute approximate surface area is 151 Å². The number of amides is 1. The first-order valence-corrected chi connectivity index (χ1v) is 8.82. The van der Waals surface area contributed by atoms with E-state index in [0.29, 0.717) is 18.2 Å². The summed E-state index contributed by atoms with van der Waals surface area (Å²) in [6, 6.07) is 5.75. The van der Waals surface area contributed by atoms with Crippen molar-refractivity contribution >= 4 is 29.4 Å². The lowest BCUT2D eigenvalue weighted by Crippen LogP contribution is -2.14. The highest BCUT2D eigenvalue weighted by Gasteiger charge is 2.29. The van der Waals surface area contributed by atoms with E-state index in [-0.39, 0.29) is 17.9 Å². The van der Waals surface area contributed by atoms with E-state index >= 15 is 0 Å². The van der Waals surface area contributed by atoms with E-state index in [4.69, 9.17) is 4.74 Å². The molecule has 4 rings (SSSR count). The fourth-order valence-corrected chi connectivity index (χ4v) is 2.79. The van der Waals surface area contributed by atoms with E-state index in [2.05, 4.69) is 25.6 Å². The average molecular weight is 351 g/mol. The van der Waals surface area contributed by atoms with Crippen molar-refractivity contribution in [3.05, 3.63) is 35.7 Å². The molecule has 0 atom stereocenters. The predicted octanol–water partition coefficient (Wildman–Crippen LogP) is 3.29. The average Bonchev–Trinajstić information content (AvgIpc) is 3.35. The Kier molecular flexibility index (Phi) is 4.28. The van der Waals surface area contributed by atoms with Crippen molar-refractivity contribution in [1.82, 2.24) is 9.97 Å². The number of nitrogens with one attached hydrogen (secondary N) is 2. The number of anilines is 3. The maximum absolute atomic E-state index is 11.9. The lowest BCUT2D eigenvalue weighted by Gasteiger charge is -2.17. The highest BCUT2D eigenvalue weighted by atomic mass is 16.5. The summed E-state index contributed by atoms with van der Waals surface area (Å²) in [6.45, 7) is 4.66. The second kappa shape index (κ2) is 6.74. The number of carbonyl (C=O) groups is 1. The maximum Gasteiger partial charge on any atom is 0.228 e. The quantitative estimate of drug-likeness (QED) is 0.834. The topological polar surface area (TPSA) is 88.5 Å². The summed E-state index contributed by atoms with van der Waals surface area (Å²) < 4.78 is 5.95. The van der Waals surface area contributed by atoms with Gasteiger partial charge in [0.25, 0.3) is 0 Å². The van der Waals surface area contributed by atoms with Crippen molar-refractivity contribution in [3.8, 4) is 5.75 Å². The molecule has 1 saturated carbocycles. The molecule has 7 nitrogen and oxygen atoms in total. The van der Waals surface area contributed by atoms with Gasteiger partial charge in [-0.05, 0) is 49.9 Å². The van der Waals surface area contributed by atoms with Gasteiger partial charge in [0.2, 0.25) is 5.91 Å². The number of nitrogens with zero attached hydrogens (tertiary/aromatic N) is 3. The van der Waals surface area contributed by atoms with Gasteiger partial charge in [0.05, 0.1) is 18.3 Å². The summed E-state index contributed by atoms with van der Waals surface area (Å²) in [5.41, 5.74) is 3.02. The Morgan fingerprint density at radius 3 is 2.77 bits per heavy atom. The SMILES string of the molecule is CC(C)Oc1cc2c(cc1Nc1cc(NC(=O)C3CC3)ncn1)C=NC2. The van der Waals surface area contributed by atoms with Crippen LogP contribution in [0.1, 0.15) is 37.8 Å². The number of hydrogen-bond donors (Lipinski definition) is 2. The number of fused-ring (bicyclic) bond motifs is 1. The van der Waals surface area contributed by atoms with Crippen LogP contribution in [0.2, 0.25) is 0 Å². The Hall–Kier alpha value is -2.96. The first-order valence-electron chi connectivity index (χ1n) is 8.82. The minimum atomic E-state index is 0.0206. The van der Waals surface area contributed by atoms with Gasteiger partial charge in [0.1, 0.15) is 23.7 Å². The molecule has 0 unspecified atom stereocenters. The van der Waals surface area contributed by atoms with Crippen LogP contribution < -0.4 is 15.4 Å². The molecule has 1 aliphatic heterocycles. The van der Waals surface area contributed by atoms with Crippen LogP contribution in [0.4, 0.5) is 17.3 Å². The van der Waals surface area contributed by atoms with Gasteiger partial charge in [0.15, 0.2) is 0 Å². The normalized spacial score (nSPS) is 15.0. The molecule has 0 bridgehead atoms. The summed E-state index contributed by atoms with van der Waals surface area (Å²) in [5.74, 6) is 1.99. The molecule has 2 aliphatic rings. The Morgan fingerprint density at radius 1 is 1.19 bits per heavy atom. The van der Waals surface area contributed by atoms with E-state index in [1.54, 1.807) is 6.07 Å². The summed E-state index contributed by atoms with van der Waals surface area (Å²) in [4.78, 5) is 24.6. The monoisotopic (exact) mass is 351 g/mol. The zero-order chi connectivity index (χ0) is 18.1. The Bertz CT molecular complexity index is 874. The molecule has 0 radical (unpaired) electrons. The molecule has 7 heteroatoms. The fraction of sp³-hybridized carbons (Fsp3) is 0.368. The number of hydrogen-bond acceptors (Lipinski definition) is 6. The van der Waals surface area contributed by atoms with Crippen LogP contribution in [0.3, 0.4) is 0 Å². The first kappa shape index (κ1) is 16.5. The zero-order valence-electron chi connectivity index (χ0n) is 14.8. The van der Waals surface area contributed by atoms with Crippen LogP contribution in [0.15, 0.2) is 29.5 Å². The van der Waals surface area contributed by atoms with Gasteiger partial charge in [-0.3, -0.25) is 9.79 Å². The summed E-state index contributed by atoms with van der Waals surface area (Å²) >= 11 is 0. The molecule has 1 aromatic carbocycles. The molecule has 1 aromatic heterocycles. The lowest BCUT2D eigenvalue weighted by molar-refractivity contribution is -0.117. The molecular formula is C19H21N5O2. The van der Waals surface area contributed by atoms with Crippen LogP contribution >= 0.6 is 0 Å². The van der Waals surface area contributed by atoms with Crippen LogP contribution in [0.5, 0.6) is 5.75 Å². The van der Waals surface area contributed by atoms with Crippen molar-refractivity contribution < 1.29 is 9.53 Å². The van der Waals surface area contributed by atoms with Crippen LogP contribution in [-0.4, -0.2) is 28.2 Å². The summed E-state index contributed by atoms with van der Waals surface area (Å²) in [6.07, 6.45) is 5.25. The lowest BCUT2D eigenvalue weighted by atomic mass is 10.1. The van der Waals surface area contributed by atoms with E-state index < -0.39 is 0 Å². The highest BCUT2D eigenvalue weighted by Crippen LogP contribution is 2.34. The molecule has 1 amide bonds. The molecule has 1 fully saturated rings. The Morgan fingerprint density at radius 2 is 2.00 bits per heavy atom. The summed E-state index contributed by atoms with van der Waals surface area (Å²) in [5, 5.41) is 6.11. The van der Waals surface area contributed by atoms with Gasteiger partial charge in [-0.1, -0.05) is 0 Å². The number of benzene rings is 1. The second-order valence-electron chi connectivity index (χ2n) is 6.86. The van der Waals surface area contributed by atoms with E-state index in [1.807, 2.05) is 32.2 Å². The van der Waals surface area contributed by atoms with Crippen molar-refractivity contribution in [3.63, 3.8) is 0 Å². The smallest absolute Gasteiger partial charge is 0.228 e. The molecular weight excluding hydrogens is 330 g/mol. The molecule has 1 aliphatic carbocycles. The van der Waals surface area contributed by atoms with E-state index in [1.165, 1.54) is 6.33 Å². The minimum Gasteiger partial charge on any atom is -0.489 e. The largest absolute Gasteiger partial charge is 0.489 e. The van der Waals surface area contributed by atoms with Crippen LogP contribution in [-0.2, 0) is 11.3 Å². The Balaban J connectivity index is 1.58. The highest BCUT2D eigenvalue weighted by molar-refractivity contribution is 5.93. The standard InChI is InChI=1S/C19H21N5O2/c1-11(2)26-16-6-14-9-20-8-13(14)5-15(16)23-17-7-18(22-10-21-17)24-19(25)12-3-4-12/h5-8,10-12H,3-4,9H2,1-2H3,(H2,21,22,23,24,25). The van der Waals surface area contributed by atoms with Crippen molar-refractivity contribution in [2.24, 2.45) is 10.9 Å². The first-order chi connectivity index (χ1) is 12.6. The van der Waals surface area contributed by atoms with E-state index in [9.17, 15) is 4.79 Å². The molecule has 26 heavy (non-hydrogen) atoms. The minimum absolute atomic E-state index is 0.0206. The zero-order valence-corrected chi connectivity index (χ0v) is 14.8.